The maximum atomic E-state index is 12.0. The molecule has 0 aliphatic rings. The monoisotopic (exact) mass is 335 g/mol. The van der Waals surface area contributed by atoms with Crippen LogP contribution in [0.15, 0.2) is 29.2 Å². The highest BCUT2D eigenvalue weighted by molar-refractivity contribution is 7.89. The van der Waals surface area contributed by atoms with Crippen molar-refractivity contribution in [3.63, 3.8) is 0 Å². The minimum absolute atomic E-state index is 0. The predicted octanol–water partition coefficient (Wildman–Crippen LogP) is 0.373. The molecule has 0 heterocycles. The van der Waals surface area contributed by atoms with E-state index in [0.717, 1.165) is 5.56 Å². The molecule has 2 N–H and O–H groups in total. The van der Waals surface area contributed by atoms with Crippen LogP contribution in [0.3, 0.4) is 0 Å². The van der Waals surface area contributed by atoms with Crippen LogP contribution in [0.25, 0.3) is 0 Å². The van der Waals surface area contributed by atoms with E-state index in [9.17, 15) is 13.2 Å². The number of aryl methyl sites for hydroxylation is 1. The average molecular weight is 336 g/mol. The van der Waals surface area contributed by atoms with Gasteiger partial charge in [-0.1, -0.05) is 17.7 Å². The van der Waals surface area contributed by atoms with Gasteiger partial charge in [0.2, 0.25) is 15.9 Å². The summed E-state index contributed by atoms with van der Waals surface area (Å²) >= 11 is 0. The SMILES string of the molecule is CNCC(=O)N(C)CCNS(=O)(=O)c1ccc(C)cc1.Cl. The molecule has 0 bridgehead atoms. The van der Waals surface area contributed by atoms with E-state index in [0.29, 0.717) is 6.54 Å². The third kappa shape index (κ3) is 6.43. The molecule has 120 valence electrons. The number of nitrogens with one attached hydrogen (secondary N) is 2. The van der Waals surface area contributed by atoms with Gasteiger partial charge in [0.1, 0.15) is 0 Å². The van der Waals surface area contributed by atoms with Crippen LogP contribution in [0.2, 0.25) is 0 Å². The van der Waals surface area contributed by atoms with Crippen molar-refractivity contribution in [3.8, 4) is 0 Å². The van der Waals surface area contributed by atoms with Crippen LogP contribution in [-0.4, -0.2) is 53.0 Å². The highest BCUT2D eigenvalue weighted by Gasteiger charge is 2.14. The van der Waals surface area contributed by atoms with E-state index in [2.05, 4.69) is 10.0 Å². The first-order valence-corrected chi connectivity index (χ1v) is 7.80. The number of likely N-dealkylation sites (N-methyl/N-ethyl adjacent to an activating group) is 2. The summed E-state index contributed by atoms with van der Waals surface area (Å²) in [5.74, 6) is -0.0815. The Morgan fingerprint density at radius 2 is 1.81 bits per heavy atom. The summed E-state index contributed by atoms with van der Waals surface area (Å²) in [6.45, 7) is 2.64. The number of carbonyl (C=O) groups is 1. The number of benzene rings is 1. The van der Waals surface area contributed by atoms with E-state index in [4.69, 9.17) is 0 Å². The molecular weight excluding hydrogens is 314 g/mol. The number of amides is 1. The molecule has 0 aliphatic heterocycles. The molecule has 6 nitrogen and oxygen atoms in total. The number of carbonyl (C=O) groups excluding carboxylic acids is 1. The number of sulfonamides is 1. The Labute approximate surface area is 132 Å². The first-order chi connectivity index (χ1) is 9.36. The van der Waals surface area contributed by atoms with E-state index in [1.807, 2.05) is 6.92 Å². The summed E-state index contributed by atoms with van der Waals surface area (Å²) in [4.78, 5) is 13.2. The van der Waals surface area contributed by atoms with E-state index in [1.54, 1.807) is 38.4 Å². The molecule has 8 heteroatoms. The van der Waals surface area contributed by atoms with Gasteiger partial charge in [0.15, 0.2) is 0 Å². The molecule has 0 radical (unpaired) electrons. The molecule has 0 fully saturated rings. The summed E-state index contributed by atoms with van der Waals surface area (Å²) in [7, 11) is -0.189. The lowest BCUT2D eigenvalue weighted by Crippen LogP contribution is -2.39. The van der Waals surface area contributed by atoms with Gasteiger partial charge in [-0.05, 0) is 26.1 Å². The molecule has 1 aromatic carbocycles. The maximum absolute atomic E-state index is 12.0. The quantitative estimate of drug-likeness (QED) is 0.755. The van der Waals surface area contributed by atoms with Gasteiger partial charge >= 0.3 is 0 Å². The van der Waals surface area contributed by atoms with Crippen LogP contribution < -0.4 is 10.0 Å². The highest BCUT2D eigenvalue weighted by atomic mass is 35.5. The predicted molar refractivity (Wildman–Crippen MR) is 85.2 cm³/mol. The van der Waals surface area contributed by atoms with Crippen molar-refractivity contribution in [2.45, 2.75) is 11.8 Å². The van der Waals surface area contributed by atoms with Gasteiger partial charge < -0.3 is 10.2 Å². The fourth-order valence-electron chi connectivity index (χ4n) is 1.56. The van der Waals surface area contributed by atoms with Gasteiger partial charge in [-0.2, -0.15) is 0 Å². The van der Waals surface area contributed by atoms with Gasteiger partial charge in [-0.25, -0.2) is 13.1 Å². The number of nitrogens with zero attached hydrogens (tertiary/aromatic N) is 1. The van der Waals surface area contributed by atoms with Crippen LogP contribution in [0.1, 0.15) is 5.56 Å². The zero-order chi connectivity index (χ0) is 15.2. The molecule has 1 aromatic rings. The van der Waals surface area contributed by atoms with Crippen molar-refractivity contribution in [2.24, 2.45) is 0 Å². The van der Waals surface area contributed by atoms with Crippen molar-refractivity contribution in [1.29, 1.82) is 0 Å². The minimum Gasteiger partial charge on any atom is -0.343 e. The van der Waals surface area contributed by atoms with Crippen LogP contribution in [0, 0.1) is 6.92 Å². The second kappa shape index (κ2) is 8.99. The molecule has 0 unspecified atom stereocenters. The molecule has 0 atom stereocenters. The Balaban J connectivity index is 0.00000400. The third-order valence-corrected chi connectivity index (χ3v) is 4.30. The van der Waals surface area contributed by atoms with Crippen molar-refractivity contribution >= 4 is 28.3 Å². The van der Waals surface area contributed by atoms with Gasteiger partial charge in [0.25, 0.3) is 0 Å². The van der Waals surface area contributed by atoms with E-state index in [-0.39, 0.29) is 36.3 Å². The first-order valence-electron chi connectivity index (χ1n) is 6.31. The van der Waals surface area contributed by atoms with Crippen molar-refractivity contribution in [1.82, 2.24) is 14.9 Å². The molecule has 0 saturated carbocycles. The second-order valence-corrected chi connectivity index (χ2v) is 6.32. The summed E-state index contributed by atoms with van der Waals surface area (Å²) in [6.07, 6.45) is 0. The molecule has 0 aliphatic carbocycles. The first kappa shape index (κ1) is 19.9. The fraction of sp³-hybridized carbons (Fsp3) is 0.462. The zero-order valence-corrected chi connectivity index (χ0v) is 14.1. The summed E-state index contributed by atoms with van der Waals surface area (Å²) in [5, 5.41) is 2.76. The maximum Gasteiger partial charge on any atom is 0.240 e. The van der Waals surface area contributed by atoms with Crippen LogP contribution in [-0.2, 0) is 14.8 Å². The van der Waals surface area contributed by atoms with Crippen molar-refractivity contribution < 1.29 is 13.2 Å². The molecular formula is C13H22ClN3O3S. The lowest BCUT2D eigenvalue weighted by Gasteiger charge is -2.17. The topological polar surface area (TPSA) is 78.5 Å². The fourth-order valence-corrected chi connectivity index (χ4v) is 2.58. The van der Waals surface area contributed by atoms with Crippen LogP contribution in [0.5, 0.6) is 0 Å². The Hall–Kier alpha value is -1.15. The molecule has 1 amide bonds. The average Bonchev–Trinajstić information content (AvgIpc) is 2.39. The number of hydrogen-bond donors (Lipinski definition) is 2. The van der Waals surface area contributed by atoms with Crippen molar-refractivity contribution in [3.05, 3.63) is 29.8 Å². The summed E-state index contributed by atoms with van der Waals surface area (Å²) in [5.41, 5.74) is 1.00. The van der Waals surface area contributed by atoms with Gasteiger partial charge in [-0.15, -0.1) is 12.4 Å². The Morgan fingerprint density at radius 1 is 1.24 bits per heavy atom. The lowest BCUT2D eigenvalue weighted by molar-refractivity contribution is -0.128. The number of rotatable bonds is 7. The molecule has 0 spiro atoms. The summed E-state index contributed by atoms with van der Waals surface area (Å²) in [6, 6.07) is 6.62. The van der Waals surface area contributed by atoms with Crippen LogP contribution in [0.4, 0.5) is 0 Å². The van der Waals surface area contributed by atoms with E-state index < -0.39 is 10.0 Å². The normalized spacial score (nSPS) is 10.8. The van der Waals surface area contributed by atoms with Gasteiger partial charge in [0, 0.05) is 20.1 Å². The molecule has 1 rings (SSSR count). The number of hydrogen-bond acceptors (Lipinski definition) is 4. The van der Waals surface area contributed by atoms with E-state index in [1.165, 1.54) is 4.90 Å². The largest absolute Gasteiger partial charge is 0.343 e. The van der Waals surface area contributed by atoms with E-state index >= 15 is 0 Å². The Morgan fingerprint density at radius 3 is 2.33 bits per heavy atom. The smallest absolute Gasteiger partial charge is 0.240 e. The Kier molecular flexibility index (Phi) is 8.50. The highest BCUT2D eigenvalue weighted by Crippen LogP contribution is 2.09. The Bertz CT molecular complexity index is 546. The van der Waals surface area contributed by atoms with Gasteiger partial charge in [-0.3, -0.25) is 4.79 Å². The number of halogens is 1. The third-order valence-electron chi connectivity index (χ3n) is 2.82. The zero-order valence-electron chi connectivity index (χ0n) is 12.4. The minimum atomic E-state index is -3.51. The van der Waals surface area contributed by atoms with Gasteiger partial charge in [0.05, 0.1) is 11.4 Å². The standard InChI is InChI=1S/C13H21N3O3S.ClH/c1-11-4-6-12(7-5-11)20(18,19)15-8-9-16(3)13(17)10-14-2;/h4-7,14-15H,8-10H2,1-3H3;1H. The van der Waals surface area contributed by atoms with Crippen LogP contribution >= 0.6 is 12.4 Å². The molecule has 0 saturated heterocycles. The second-order valence-electron chi connectivity index (χ2n) is 4.56. The van der Waals surface area contributed by atoms with Crippen molar-refractivity contribution in [2.75, 3.05) is 33.7 Å². The molecule has 0 aromatic heterocycles. The molecule has 21 heavy (non-hydrogen) atoms. The lowest BCUT2D eigenvalue weighted by atomic mass is 10.2. The summed E-state index contributed by atoms with van der Waals surface area (Å²) < 4.78 is 26.5.